The SMILES string of the molecule is COCCCn1cc(Nc2nccc(-c3ccc(OC4CCOCC4)c(C#N)c3)n2)cn1. The second kappa shape index (κ2) is 10.7. The third kappa shape index (κ3) is 5.60. The third-order valence-electron chi connectivity index (χ3n) is 5.14. The summed E-state index contributed by atoms with van der Waals surface area (Å²) in [6.07, 6.45) is 7.95. The molecule has 1 aromatic carbocycles. The normalized spacial score (nSPS) is 14.1. The molecule has 4 rings (SSSR count). The molecule has 9 nitrogen and oxygen atoms in total. The van der Waals surface area contributed by atoms with E-state index < -0.39 is 0 Å². The largest absolute Gasteiger partial charge is 0.489 e. The Morgan fingerprint density at radius 2 is 2.16 bits per heavy atom. The fourth-order valence-corrected chi connectivity index (χ4v) is 3.48. The van der Waals surface area contributed by atoms with Crippen LogP contribution in [0, 0.1) is 11.3 Å². The molecule has 0 bridgehead atoms. The molecular weight excluding hydrogens is 408 g/mol. The van der Waals surface area contributed by atoms with E-state index in [9.17, 15) is 5.26 Å². The lowest BCUT2D eigenvalue weighted by Gasteiger charge is -2.23. The van der Waals surface area contributed by atoms with Crippen LogP contribution in [0.5, 0.6) is 5.75 Å². The van der Waals surface area contributed by atoms with E-state index in [1.165, 1.54) is 0 Å². The number of nitriles is 1. The maximum atomic E-state index is 9.63. The number of methoxy groups -OCH3 is 1. The van der Waals surface area contributed by atoms with Crippen molar-refractivity contribution in [3.8, 4) is 23.1 Å². The van der Waals surface area contributed by atoms with Crippen LogP contribution >= 0.6 is 0 Å². The first-order chi connectivity index (χ1) is 15.7. The summed E-state index contributed by atoms with van der Waals surface area (Å²) in [4.78, 5) is 8.90. The van der Waals surface area contributed by atoms with E-state index in [-0.39, 0.29) is 6.10 Å². The van der Waals surface area contributed by atoms with Gasteiger partial charge in [-0.2, -0.15) is 10.4 Å². The maximum absolute atomic E-state index is 9.63. The quantitative estimate of drug-likeness (QED) is 0.510. The van der Waals surface area contributed by atoms with Gasteiger partial charge in [0, 0.05) is 51.1 Å². The summed E-state index contributed by atoms with van der Waals surface area (Å²) in [5.41, 5.74) is 2.82. The van der Waals surface area contributed by atoms with Crippen molar-refractivity contribution in [1.29, 1.82) is 5.26 Å². The Bertz CT molecular complexity index is 1070. The van der Waals surface area contributed by atoms with E-state index in [4.69, 9.17) is 14.2 Å². The van der Waals surface area contributed by atoms with Gasteiger partial charge in [-0.15, -0.1) is 0 Å². The second-order valence-electron chi connectivity index (χ2n) is 7.48. The number of nitrogens with one attached hydrogen (secondary N) is 1. The number of ether oxygens (including phenoxy) is 3. The predicted molar refractivity (Wildman–Crippen MR) is 119 cm³/mol. The lowest BCUT2D eigenvalue weighted by atomic mass is 10.1. The van der Waals surface area contributed by atoms with Gasteiger partial charge in [-0.05, 0) is 30.7 Å². The van der Waals surface area contributed by atoms with Crippen molar-refractivity contribution in [2.24, 2.45) is 0 Å². The van der Waals surface area contributed by atoms with Gasteiger partial charge in [-0.3, -0.25) is 4.68 Å². The van der Waals surface area contributed by atoms with Crippen LogP contribution in [-0.4, -0.2) is 52.8 Å². The summed E-state index contributed by atoms with van der Waals surface area (Å²) in [5, 5.41) is 17.1. The molecule has 32 heavy (non-hydrogen) atoms. The topological polar surface area (TPSA) is 107 Å². The maximum Gasteiger partial charge on any atom is 0.227 e. The van der Waals surface area contributed by atoms with Gasteiger partial charge in [0.2, 0.25) is 5.95 Å². The van der Waals surface area contributed by atoms with Crippen LogP contribution in [0.15, 0.2) is 42.9 Å². The molecule has 0 atom stereocenters. The number of benzene rings is 1. The van der Waals surface area contributed by atoms with Crippen molar-refractivity contribution in [2.45, 2.75) is 31.9 Å². The number of hydrogen-bond acceptors (Lipinski definition) is 8. The minimum atomic E-state index is 0.0759. The number of anilines is 2. The number of rotatable bonds is 9. The van der Waals surface area contributed by atoms with Crippen molar-refractivity contribution >= 4 is 11.6 Å². The summed E-state index contributed by atoms with van der Waals surface area (Å²) in [5.74, 6) is 1.05. The van der Waals surface area contributed by atoms with Crippen molar-refractivity contribution in [2.75, 3.05) is 32.2 Å². The standard InChI is InChI=1S/C23H26N6O3/c1-30-10-2-9-29-16-19(15-26-29)27-23-25-8-5-21(28-23)17-3-4-22(18(13-17)14-24)32-20-6-11-31-12-7-20/h3-5,8,13,15-16,20H,2,6-7,9-12H2,1H3,(H,25,27,28). The zero-order valence-corrected chi connectivity index (χ0v) is 18.0. The molecule has 1 aliphatic rings. The van der Waals surface area contributed by atoms with Gasteiger partial charge in [0.15, 0.2) is 0 Å². The molecule has 166 valence electrons. The number of hydrogen-bond donors (Lipinski definition) is 1. The first kappa shape index (κ1) is 21.7. The molecule has 1 aliphatic heterocycles. The Labute approximate surface area is 187 Å². The first-order valence-electron chi connectivity index (χ1n) is 10.7. The van der Waals surface area contributed by atoms with Crippen LogP contribution in [0.3, 0.4) is 0 Å². The van der Waals surface area contributed by atoms with Crippen LogP contribution < -0.4 is 10.1 Å². The van der Waals surface area contributed by atoms with E-state index in [0.29, 0.717) is 42.8 Å². The summed E-state index contributed by atoms with van der Waals surface area (Å²) >= 11 is 0. The molecular formula is C23H26N6O3. The van der Waals surface area contributed by atoms with Crippen molar-refractivity contribution in [3.63, 3.8) is 0 Å². The van der Waals surface area contributed by atoms with E-state index in [2.05, 4.69) is 26.5 Å². The van der Waals surface area contributed by atoms with Gasteiger partial charge < -0.3 is 19.5 Å². The van der Waals surface area contributed by atoms with Crippen LogP contribution in [0.2, 0.25) is 0 Å². The summed E-state index contributed by atoms with van der Waals surface area (Å²) in [7, 11) is 1.69. The summed E-state index contributed by atoms with van der Waals surface area (Å²) < 4.78 is 18.3. The van der Waals surface area contributed by atoms with Crippen LogP contribution in [-0.2, 0) is 16.0 Å². The van der Waals surface area contributed by atoms with Crippen molar-refractivity contribution in [1.82, 2.24) is 19.7 Å². The van der Waals surface area contributed by atoms with Gasteiger partial charge in [-0.25, -0.2) is 9.97 Å². The van der Waals surface area contributed by atoms with Gasteiger partial charge >= 0.3 is 0 Å². The van der Waals surface area contributed by atoms with Crippen LogP contribution in [0.1, 0.15) is 24.8 Å². The lowest BCUT2D eigenvalue weighted by molar-refractivity contribution is 0.0254. The first-order valence-corrected chi connectivity index (χ1v) is 10.7. The Hall–Kier alpha value is -3.48. The van der Waals surface area contributed by atoms with Gasteiger partial charge in [0.1, 0.15) is 17.9 Å². The fraction of sp³-hybridized carbons (Fsp3) is 0.391. The molecule has 2 aromatic heterocycles. The lowest BCUT2D eigenvalue weighted by Crippen LogP contribution is -2.26. The smallest absolute Gasteiger partial charge is 0.227 e. The van der Waals surface area contributed by atoms with E-state index in [0.717, 1.165) is 37.1 Å². The van der Waals surface area contributed by atoms with E-state index >= 15 is 0 Å². The zero-order chi connectivity index (χ0) is 22.2. The highest BCUT2D eigenvalue weighted by Crippen LogP contribution is 2.28. The Kier molecular flexibility index (Phi) is 7.27. The highest BCUT2D eigenvalue weighted by atomic mass is 16.5. The molecule has 0 spiro atoms. The molecule has 0 amide bonds. The third-order valence-corrected chi connectivity index (χ3v) is 5.14. The van der Waals surface area contributed by atoms with Gasteiger partial charge in [-0.1, -0.05) is 0 Å². The highest BCUT2D eigenvalue weighted by Gasteiger charge is 2.17. The molecule has 3 aromatic rings. The summed E-state index contributed by atoms with van der Waals surface area (Å²) in [6, 6.07) is 9.60. The zero-order valence-electron chi connectivity index (χ0n) is 18.0. The molecule has 0 radical (unpaired) electrons. The number of nitrogens with zero attached hydrogens (tertiary/aromatic N) is 5. The molecule has 0 unspecified atom stereocenters. The number of aryl methyl sites for hydroxylation is 1. The van der Waals surface area contributed by atoms with Gasteiger partial charge in [0.25, 0.3) is 0 Å². The second-order valence-corrected chi connectivity index (χ2v) is 7.48. The molecule has 1 saturated heterocycles. The van der Waals surface area contributed by atoms with E-state index in [1.807, 2.05) is 29.1 Å². The Morgan fingerprint density at radius 1 is 1.28 bits per heavy atom. The average molecular weight is 435 g/mol. The van der Waals surface area contributed by atoms with Gasteiger partial charge in [0.05, 0.1) is 36.4 Å². The molecule has 3 heterocycles. The average Bonchev–Trinajstić information content (AvgIpc) is 3.27. The van der Waals surface area contributed by atoms with Crippen molar-refractivity contribution < 1.29 is 14.2 Å². The van der Waals surface area contributed by atoms with Crippen LogP contribution in [0.25, 0.3) is 11.3 Å². The van der Waals surface area contributed by atoms with E-state index in [1.54, 1.807) is 25.6 Å². The Morgan fingerprint density at radius 3 is 2.97 bits per heavy atom. The summed E-state index contributed by atoms with van der Waals surface area (Å²) in [6.45, 7) is 2.84. The Balaban J connectivity index is 1.46. The minimum Gasteiger partial charge on any atom is -0.489 e. The van der Waals surface area contributed by atoms with Crippen LogP contribution in [0.4, 0.5) is 11.6 Å². The fourth-order valence-electron chi connectivity index (χ4n) is 3.48. The molecule has 0 aliphatic carbocycles. The monoisotopic (exact) mass is 434 g/mol. The molecule has 9 heteroatoms. The predicted octanol–water partition coefficient (Wildman–Crippen LogP) is 3.55. The molecule has 1 fully saturated rings. The minimum absolute atomic E-state index is 0.0759. The van der Waals surface area contributed by atoms with Crippen molar-refractivity contribution in [3.05, 3.63) is 48.4 Å². The number of aromatic nitrogens is 4. The highest BCUT2D eigenvalue weighted by molar-refractivity contribution is 5.65. The molecule has 1 N–H and O–H groups in total. The molecule has 0 saturated carbocycles.